The molecule has 2 aliphatic rings. The van der Waals surface area contributed by atoms with Gasteiger partial charge in [0.1, 0.15) is 0 Å². The Labute approximate surface area is 260 Å². The van der Waals surface area contributed by atoms with Gasteiger partial charge in [-0.15, -0.1) is 0 Å². The van der Waals surface area contributed by atoms with Crippen LogP contribution in [-0.4, -0.2) is 50.3 Å². The third-order valence-corrected chi connectivity index (χ3v) is 9.62. The van der Waals surface area contributed by atoms with E-state index in [1.54, 1.807) is 27.7 Å². The maximum atomic E-state index is 14.0. The quantitative estimate of drug-likeness (QED) is 0.147. The largest absolute Gasteiger partial charge is 0.465 e. The van der Waals surface area contributed by atoms with E-state index in [0.29, 0.717) is 38.5 Å². The maximum Gasteiger partial charge on any atom is 0.323 e. The van der Waals surface area contributed by atoms with Crippen molar-refractivity contribution in [2.75, 3.05) is 26.4 Å². The zero-order valence-electron chi connectivity index (χ0n) is 26.4. The van der Waals surface area contributed by atoms with Gasteiger partial charge in [0.05, 0.1) is 26.4 Å². The molecule has 4 atom stereocenters. The van der Waals surface area contributed by atoms with Gasteiger partial charge in [0.2, 0.25) is 0 Å². The van der Waals surface area contributed by atoms with Gasteiger partial charge in [0.25, 0.3) is 0 Å². The number of ether oxygens (including phenoxy) is 4. The fraction of sp³-hybridized carbons (Fsp3) is 0.556. The Balaban J connectivity index is 2.02. The monoisotopic (exact) mass is 606 g/mol. The van der Waals surface area contributed by atoms with Crippen LogP contribution < -0.4 is 0 Å². The van der Waals surface area contributed by atoms with Crippen molar-refractivity contribution < 1.29 is 38.1 Å². The molecule has 1 unspecified atom stereocenters. The summed E-state index contributed by atoms with van der Waals surface area (Å²) in [4.78, 5) is 55.8. The number of rotatable bonds is 13. The molecule has 0 aromatic heterocycles. The van der Waals surface area contributed by atoms with Gasteiger partial charge in [0, 0.05) is 0 Å². The molecule has 0 heterocycles. The van der Waals surface area contributed by atoms with Crippen molar-refractivity contribution in [3.8, 4) is 0 Å². The summed E-state index contributed by atoms with van der Waals surface area (Å²) in [6, 6.07) is 19.6. The molecule has 0 aliphatic heterocycles. The fourth-order valence-corrected chi connectivity index (χ4v) is 7.99. The Morgan fingerprint density at radius 1 is 0.568 bits per heavy atom. The van der Waals surface area contributed by atoms with E-state index in [9.17, 15) is 19.2 Å². The second-order valence-electron chi connectivity index (χ2n) is 11.7. The molecule has 2 fully saturated rings. The number of carbonyl (C=O) groups excluding carboxylic acids is 4. The van der Waals surface area contributed by atoms with Crippen molar-refractivity contribution in [1.29, 1.82) is 0 Å². The molecular formula is C36H46O8. The van der Waals surface area contributed by atoms with Gasteiger partial charge in [-0.3, -0.25) is 19.2 Å². The molecule has 238 valence electrons. The Hall–Kier alpha value is -3.68. The summed E-state index contributed by atoms with van der Waals surface area (Å²) in [5.41, 5.74) is -1.23. The van der Waals surface area contributed by atoms with Gasteiger partial charge in [-0.05, 0) is 88.2 Å². The zero-order valence-corrected chi connectivity index (χ0v) is 26.4. The fourth-order valence-electron chi connectivity index (χ4n) is 7.99. The minimum Gasteiger partial charge on any atom is -0.465 e. The Kier molecular flexibility index (Phi) is 11.2. The van der Waals surface area contributed by atoms with Crippen LogP contribution in [0.3, 0.4) is 0 Å². The summed E-state index contributed by atoms with van der Waals surface area (Å²) in [5, 5.41) is 0. The van der Waals surface area contributed by atoms with Crippen LogP contribution in [0.25, 0.3) is 0 Å². The lowest BCUT2D eigenvalue weighted by Gasteiger charge is -2.45. The first kappa shape index (κ1) is 33.2. The summed E-state index contributed by atoms with van der Waals surface area (Å²) < 4.78 is 22.5. The SMILES string of the molecule is CCOC(=O)C1(C(=O)OCC)CCCC1[C@@H](c1ccccc1)[C@@H](c1ccccc1)[C@H]1CCCC1(C(=O)OCC)C(=O)OCC. The Morgan fingerprint density at radius 3 is 1.14 bits per heavy atom. The molecule has 0 bridgehead atoms. The first-order valence-corrected chi connectivity index (χ1v) is 16.1. The summed E-state index contributed by atoms with van der Waals surface area (Å²) in [7, 11) is 0. The average Bonchev–Trinajstić information content (AvgIpc) is 3.68. The van der Waals surface area contributed by atoms with E-state index in [0.717, 1.165) is 11.1 Å². The van der Waals surface area contributed by atoms with Crippen molar-refractivity contribution in [3.05, 3.63) is 71.8 Å². The molecule has 2 saturated carbocycles. The van der Waals surface area contributed by atoms with Crippen molar-refractivity contribution in [2.45, 2.75) is 78.1 Å². The van der Waals surface area contributed by atoms with Gasteiger partial charge >= 0.3 is 23.9 Å². The van der Waals surface area contributed by atoms with Crippen molar-refractivity contribution >= 4 is 23.9 Å². The third kappa shape index (κ3) is 6.00. The summed E-state index contributed by atoms with van der Waals surface area (Å²) in [6.07, 6.45) is 2.98. The van der Waals surface area contributed by atoms with E-state index >= 15 is 0 Å². The highest BCUT2D eigenvalue weighted by Crippen LogP contribution is 2.62. The van der Waals surface area contributed by atoms with Crippen LogP contribution in [0.5, 0.6) is 0 Å². The first-order valence-electron chi connectivity index (χ1n) is 16.1. The van der Waals surface area contributed by atoms with E-state index in [1.165, 1.54) is 0 Å². The summed E-state index contributed by atoms with van der Waals surface area (Å²) >= 11 is 0. The molecule has 4 rings (SSSR count). The van der Waals surface area contributed by atoms with Crippen molar-refractivity contribution in [2.24, 2.45) is 22.7 Å². The van der Waals surface area contributed by atoms with Crippen LogP contribution in [0.15, 0.2) is 60.7 Å². The molecule has 8 nitrogen and oxygen atoms in total. The van der Waals surface area contributed by atoms with E-state index in [4.69, 9.17) is 18.9 Å². The lowest BCUT2D eigenvalue weighted by atomic mass is 9.57. The topological polar surface area (TPSA) is 105 Å². The average molecular weight is 607 g/mol. The van der Waals surface area contributed by atoms with Gasteiger partial charge in [-0.25, -0.2) is 0 Å². The highest BCUT2D eigenvalue weighted by Gasteiger charge is 2.65. The highest BCUT2D eigenvalue weighted by molar-refractivity contribution is 6.02. The van der Waals surface area contributed by atoms with E-state index in [2.05, 4.69) is 0 Å². The van der Waals surface area contributed by atoms with Crippen LogP contribution in [0, 0.1) is 22.7 Å². The van der Waals surface area contributed by atoms with Crippen molar-refractivity contribution in [1.82, 2.24) is 0 Å². The Morgan fingerprint density at radius 2 is 0.864 bits per heavy atom. The number of carbonyl (C=O) groups is 4. The van der Waals surface area contributed by atoms with E-state index in [-0.39, 0.29) is 26.4 Å². The van der Waals surface area contributed by atoms with Crippen LogP contribution >= 0.6 is 0 Å². The summed E-state index contributed by atoms with van der Waals surface area (Å²) in [5.74, 6) is -4.25. The molecule has 0 N–H and O–H groups in total. The van der Waals surface area contributed by atoms with Gasteiger partial charge in [-0.1, -0.05) is 73.5 Å². The van der Waals surface area contributed by atoms with Crippen LogP contribution in [0.2, 0.25) is 0 Å². The van der Waals surface area contributed by atoms with E-state index in [1.807, 2.05) is 60.7 Å². The predicted octanol–water partition coefficient (Wildman–Crippen LogP) is 6.38. The van der Waals surface area contributed by atoms with Crippen LogP contribution in [0.1, 0.15) is 89.2 Å². The van der Waals surface area contributed by atoms with Gasteiger partial charge in [0.15, 0.2) is 10.8 Å². The van der Waals surface area contributed by atoms with Crippen LogP contribution in [-0.2, 0) is 38.1 Å². The predicted molar refractivity (Wildman–Crippen MR) is 164 cm³/mol. The standard InChI is InChI=1S/C36H46O8/c1-5-41-31(37)35(32(38)42-6-2)23-15-21-27(35)29(25-17-11-9-12-18-25)30(26-19-13-10-14-20-26)28-22-16-24-36(28,33(39)43-7-3)34(40)44-8-4/h9-14,17-20,27-30H,5-8,15-16,21-24H2,1-4H3/t27-,28?,29+,30-/m1/s1. The number of esters is 4. The minimum atomic E-state index is -1.53. The van der Waals surface area contributed by atoms with E-state index < -0.39 is 58.4 Å². The number of hydrogen-bond acceptors (Lipinski definition) is 8. The molecule has 2 aromatic carbocycles. The second-order valence-corrected chi connectivity index (χ2v) is 11.7. The third-order valence-electron chi connectivity index (χ3n) is 9.62. The number of benzene rings is 2. The maximum absolute atomic E-state index is 14.0. The molecule has 2 aliphatic carbocycles. The second kappa shape index (κ2) is 14.9. The normalized spacial score (nSPS) is 21.5. The lowest BCUT2D eigenvalue weighted by Crippen LogP contribution is -2.51. The molecule has 0 spiro atoms. The van der Waals surface area contributed by atoms with Gasteiger partial charge < -0.3 is 18.9 Å². The Bertz CT molecular complexity index is 1140. The molecule has 0 radical (unpaired) electrons. The lowest BCUT2D eigenvalue weighted by molar-refractivity contribution is -0.180. The molecule has 2 aromatic rings. The smallest absolute Gasteiger partial charge is 0.323 e. The van der Waals surface area contributed by atoms with Gasteiger partial charge in [-0.2, -0.15) is 0 Å². The van der Waals surface area contributed by atoms with Crippen molar-refractivity contribution in [3.63, 3.8) is 0 Å². The number of hydrogen-bond donors (Lipinski definition) is 0. The zero-order chi connectivity index (χ0) is 31.7. The summed E-state index contributed by atoms with van der Waals surface area (Å²) in [6.45, 7) is 7.43. The molecule has 44 heavy (non-hydrogen) atoms. The highest BCUT2D eigenvalue weighted by atomic mass is 16.6. The molecular weight excluding hydrogens is 560 g/mol. The molecule has 8 heteroatoms. The molecule has 0 amide bonds. The minimum absolute atomic E-state index is 0.127. The first-order chi connectivity index (χ1) is 21.3. The molecule has 0 saturated heterocycles. The van der Waals surface area contributed by atoms with Crippen LogP contribution in [0.4, 0.5) is 0 Å².